The monoisotopic (exact) mass is 335 g/mol. The lowest BCUT2D eigenvalue weighted by Gasteiger charge is -2.15. The maximum atomic E-state index is 13.7. The molecule has 4 nitrogen and oxygen atoms in total. The summed E-state index contributed by atoms with van der Waals surface area (Å²) in [5.74, 6) is -0.468. The smallest absolute Gasteiger partial charge is 0.271 e. The molecule has 1 aromatic heterocycles. The van der Waals surface area contributed by atoms with Crippen molar-refractivity contribution in [2.24, 2.45) is 5.73 Å². The van der Waals surface area contributed by atoms with Gasteiger partial charge in [-0.25, -0.2) is 9.37 Å². The zero-order chi connectivity index (χ0) is 16.7. The van der Waals surface area contributed by atoms with Gasteiger partial charge in [-0.1, -0.05) is 38.0 Å². The maximum Gasteiger partial charge on any atom is 0.271 e. The lowest BCUT2D eigenvalue weighted by atomic mass is 10.1. The molecule has 2 rings (SSSR count). The molecule has 23 heavy (non-hydrogen) atoms. The Hall–Kier alpha value is -1.79. The number of rotatable bonds is 8. The third kappa shape index (κ3) is 5.11. The predicted octanol–water partition coefficient (Wildman–Crippen LogP) is 3.12. The van der Waals surface area contributed by atoms with Gasteiger partial charge in [-0.3, -0.25) is 4.79 Å². The summed E-state index contributed by atoms with van der Waals surface area (Å²) in [5.41, 5.74) is 6.64. The van der Waals surface area contributed by atoms with E-state index in [0.717, 1.165) is 24.3 Å². The molecule has 0 radical (unpaired) electrons. The molecule has 1 unspecified atom stereocenters. The fourth-order valence-corrected chi connectivity index (χ4v) is 3.06. The van der Waals surface area contributed by atoms with E-state index in [9.17, 15) is 9.18 Å². The number of nitrogens with two attached hydrogens (primary N) is 1. The number of unbranched alkanes of at least 4 members (excludes halogenated alkanes) is 1. The summed E-state index contributed by atoms with van der Waals surface area (Å²) in [4.78, 5) is 16.5. The van der Waals surface area contributed by atoms with Crippen molar-refractivity contribution < 1.29 is 9.18 Å². The van der Waals surface area contributed by atoms with E-state index in [1.165, 1.54) is 17.4 Å². The first kappa shape index (κ1) is 17.6. The molecule has 1 heterocycles. The molecule has 0 aliphatic carbocycles. The number of hydrogen-bond acceptors (Lipinski definition) is 4. The summed E-state index contributed by atoms with van der Waals surface area (Å²) in [6, 6.07) is 6.57. The average Bonchev–Trinajstić information content (AvgIpc) is 3.02. The first-order valence-electron chi connectivity index (χ1n) is 7.82. The topological polar surface area (TPSA) is 68.0 Å². The molecule has 0 aliphatic rings. The number of amides is 1. The first-order chi connectivity index (χ1) is 11.1. The van der Waals surface area contributed by atoms with Gasteiger partial charge in [-0.2, -0.15) is 0 Å². The molecule has 0 fully saturated rings. The average molecular weight is 335 g/mol. The summed E-state index contributed by atoms with van der Waals surface area (Å²) >= 11 is 1.36. The Balaban J connectivity index is 1.98. The van der Waals surface area contributed by atoms with Crippen LogP contribution in [-0.4, -0.2) is 23.5 Å². The molecule has 0 spiro atoms. The van der Waals surface area contributed by atoms with Crippen LogP contribution < -0.4 is 11.1 Å². The van der Waals surface area contributed by atoms with Crippen molar-refractivity contribution in [2.45, 2.75) is 38.6 Å². The maximum absolute atomic E-state index is 13.7. The molecule has 6 heteroatoms. The van der Waals surface area contributed by atoms with Crippen LogP contribution in [0.4, 0.5) is 4.39 Å². The second-order valence-corrected chi connectivity index (χ2v) is 6.39. The summed E-state index contributed by atoms with van der Waals surface area (Å²) in [5, 5.41) is 5.34. The van der Waals surface area contributed by atoms with Crippen LogP contribution in [0.2, 0.25) is 0 Å². The Bertz CT molecular complexity index is 644. The van der Waals surface area contributed by atoms with E-state index in [4.69, 9.17) is 5.73 Å². The van der Waals surface area contributed by atoms with Crippen LogP contribution in [0.15, 0.2) is 29.6 Å². The molecule has 3 N–H and O–H groups in total. The number of nitrogens with one attached hydrogen (secondary N) is 1. The number of benzene rings is 1. The lowest BCUT2D eigenvalue weighted by Crippen LogP contribution is -2.40. The fourth-order valence-electron chi connectivity index (χ4n) is 2.26. The van der Waals surface area contributed by atoms with Crippen LogP contribution in [0.5, 0.6) is 0 Å². The van der Waals surface area contributed by atoms with E-state index in [1.807, 2.05) is 0 Å². The van der Waals surface area contributed by atoms with Crippen LogP contribution in [-0.2, 0) is 6.42 Å². The molecular formula is C17H22FN3OS. The molecular weight excluding hydrogens is 313 g/mol. The number of carbonyl (C=O) groups is 1. The van der Waals surface area contributed by atoms with Crippen molar-refractivity contribution in [2.75, 3.05) is 6.54 Å². The molecule has 1 atom stereocenters. The predicted molar refractivity (Wildman–Crippen MR) is 91.2 cm³/mol. The van der Waals surface area contributed by atoms with Crippen molar-refractivity contribution in [3.8, 4) is 0 Å². The van der Waals surface area contributed by atoms with Crippen molar-refractivity contribution >= 4 is 17.2 Å². The molecule has 1 amide bonds. The van der Waals surface area contributed by atoms with Crippen molar-refractivity contribution in [1.29, 1.82) is 0 Å². The summed E-state index contributed by atoms with van der Waals surface area (Å²) in [6.07, 6.45) is 3.35. The van der Waals surface area contributed by atoms with Gasteiger partial charge in [0, 0.05) is 24.4 Å². The number of hydrogen-bond donors (Lipinski definition) is 2. The van der Waals surface area contributed by atoms with E-state index in [0.29, 0.717) is 24.2 Å². The number of halogens is 1. The normalized spacial score (nSPS) is 12.1. The third-order valence-electron chi connectivity index (χ3n) is 3.61. The third-order valence-corrected chi connectivity index (χ3v) is 4.46. The largest absolute Gasteiger partial charge is 0.347 e. The SMILES string of the molecule is CCCCC(CN)NC(=O)c1csc(Cc2ccccc2F)n1. The Morgan fingerprint density at radius 1 is 1.43 bits per heavy atom. The number of aromatic nitrogens is 1. The van der Waals surface area contributed by atoms with Crippen LogP contribution in [0.25, 0.3) is 0 Å². The first-order valence-corrected chi connectivity index (χ1v) is 8.70. The summed E-state index contributed by atoms with van der Waals surface area (Å²) < 4.78 is 13.7. The van der Waals surface area contributed by atoms with Crippen LogP contribution in [0.3, 0.4) is 0 Å². The highest BCUT2D eigenvalue weighted by Gasteiger charge is 2.15. The fraction of sp³-hybridized carbons (Fsp3) is 0.412. The standard InChI is InChI=1S/C17H22FN3OS/c1-2-3-7-13(10-19)20-17(22)15-11-23-16(21-15)9-12-6-4-5-8-14(12)18/h4-6,8,11,13H,2-3,7,9-10,19H2,1H3,(H,20,22). The number of nitrogens with zero attached hydrogens (tertiary/aromatic N) is 1. The molecule has 0 aliphatic heterocycles. The molecule has 1 aromatic carbocycles. The van der Waals surface area contributed by atoms with Gasteiger partial charge in [0.2, 0.25) is 0 Å². The molecule has 124 valence electrons. The van der Waals surface area contributed by atoms with Crippen molar-refractivity contribution in [3.63, 3.8) is 0 Å². The highest BCUT2D eigenvalue weighted by Crippen LogP contribution is 2.17. The summed E-state index contributed by atoms with van der Waals surface area (Å²) in [7, 11) is 0. The molecule has 0 bridgehead atoms. The van der Waals surface area contributed by atoms with Crippen molar-refractivity contribution in [3.05, 3.63) is 51.7 Å². The highest BCUT2D eigenvalue weighted by atomic mass is 32.1. The van der Waals surface area contributed by atoms with E-state index < -0.39 is 0 Å². The number of thiazole rings is 1. The van der Waals surface area contributed by atoms with Gasteiger partial charge in [0.25, 0.3) is 5.91 Å². The van der Waals surface area contributed by atoms with E-state index in [1.54, 1.807) is 23.6 Å². The molecule has 0 saturated heterocycles. The van der Waals surface area contributed by atoms with Gasteiger partial charge < -0.3 is 11.1 Å². The highest BCUT2D eigenvalue weighted by molar-refractivity contribution is 7.09. The van der Waals surface area contributed by atoms with Gasteiger partial charge in [0.05, 0.1) is 5.01 Å². The molecule has 0 saturated carbocycles. The van der Waals surface area contributed by atoms with Gasteiger partial charge in [0.15, 0.2) is 0 Å². The molecule has 2 aromatic rings. The van der Waals surface area contributed by atoms with Crippen molar-refractivity contribution in [1.82, 2.24) is 10.3 Å². The van der Waals surface area contributed by atoms with Gasteiger partial charge in [-0.05, 0) is 18.1 Å². The second-order valence-electron chi connectivity index (χ2n) is 5.44. The Morgan fingerprint density at radius 2 is 2.22 bits per heavy atom. The number of carbonyl (C=O) groups excluding carboxylic acids is 1. The van der Waals surface area contributed by atoms with Gasteiger partial charge in [-0.15, -0.1) is 11.3 Å². The Labute approximate surface area is 139 Å². The van der Waals surface area contributed by atoms with Gasteiger partial charge >= 0.3 is 0 Å². The summed E-state index contributed by atoms with van der Waals surface area (Å²) in [6.45, 7) is 2.52. The van der Waals surface area contributed by atoms with E-state index >= 15 is 0 Å². The Kier molecular flexibility index (Phi) is 6.67. The Morgan fingerprint density at radius 3 is 2.91 bits per heavy atom. The zero-order valence-corrected chi connectivity index (χ0v) is 14.0. The van der Waals surface area contributed by atoms with E-state index in [-0.39, 0.29) is 17.8 Å². The van der Waals surface area contributed by atoms with Crippen LogP contribution in [0, 0.1) is 5.82 Å². The lowest BCUT2D eigenvalue weighted by molar-refractivity contribution is 0.0931. The zero-order valence-electron chi connectivity index (χ0n) is 13.2. The quantitative estimate of drug-likeness (QED) is 0.779. The van der Waals surface area contributed by atoms with Crippen LogP contribution >= 0.6 is 11.3 Å². The van der Waals surface area contributed by atoms with E-state index in [2.05, 4.69) is 17.2 Å². The second kappa shape index (κ2) is 8.74. The minimum atomic E-state index is -0.253. The minimum Gasteiger partial charge on any atom is -0.347 e. The van der Waals surface area contributed by atoms with Crippen LogP contribution in [0.1, 0.15) is 47.2 Å². The van der Waals surface area contributed by atoms with Gasteiger partial charge in [0.1, 0.15) is 11.5 Å². The minimum absolute atomic E-state index is 0.0285.